The van der Waals surface area contributed by atoms with Gasteiger partial charge < -0.3 is 10.0 Å². The van der Waals surface area contributed by atoms with Crippen LogP contribution in [0.5, 0.6) is 0 Å². The van der Waals surface area contributed by atoms with Crippen molar-refractivity contribution in [1.29, 1.82) is 0 Å². The largest absolute Gasteiger partial charge is 0.476 e. The summed E-state index contributed by atoms with van der Waals surface area (Å²) in [7, 11) is 0. The van der Waals surface area contributed by atoms with Crippen molar-refractivity contribution in [2.24, 2.45) is 0 Å². The molecule has 1 spiro atoms. The number of halogens is 2. The summed E-state index contributed by atoms with van der Waals surface area (Å²) in [4.78, 5) is 21.9. The molecule has 1 N–H and O–H groups in total. The molecule has 1 aromatic carbocycles. The summed E-state index contributed by atoms with van der Waals surface area (Å²) >= 11 is 5.78. The highest BCUT2D eigenvalue weighted by molar-refractivity contribution is 6.30. The number of anilines is 2. The van der Waals surface area contributed by atoms with E-state index in [-0.39, 0.29) is 16.1 Å². The van der Waals surface area contributed by atoms with E-state index in [0.29, 0.717) is 18.1 Å². The molecule has 2 aromatic rings. The van der Waals surface area contributed by atoms with Gasteiger partial charge in [0.25, 0.3) is 0 Å². The van der Waals surface area contributed by atoms with Crippen LogP contribution in [0.4, 0.5) is 15.9 Å². The number of benzene rings is 1. The summed E-state index contributed by atoms with van der Waals surface area (Å²) in [6.07, 6.45) is 5.27. The molecule has 1 fully saturated rings. The Morgan fingerprint density at radius 2 is 2.08 bits per heavy atom. The van der Waals surface area contributed by atoms with Crippen LogP contribution in [-0.2, 0) is 5.41 Å². The molecule has 124 valence electrons. The maximum Gasteiger partial charge on any atom is 0.356 e. The molecule has 2 aliphatic rings. The zero-order chi connectivity index (χ0) is 16.9. The lowest BCUT2D eigenvalue weighted by molar-refractivity contribution is 0.0689. The second-order valence-corrected chi connectivity index (χ2v) is 6.81. The average Bonchev–Trinajstić information content (AvgIpc) is 3.16. The number of nitrogens with zero attached hydrogens (tertiary/aromatic N) is 3. The van der Waals surface area contributed by atoms with Crippen LogP contribution >= 0.6 is 11.6 Å². The molecular formula is C17H15ClFN3O2. The minimum atomic E-state index is -1.09. The Balaban J connectivity index is 1.85. The normalized spacial score (nSPS) is 18.2. The lowest BCUT2D eigenvalue weighted by Gasteiger charge is -2.24. The van der Waals surface area contributed by atoms with Crippen LogP contribution < -0.4 is 4.90 Å². The van der Waals surface area contributed by atoms with Gasteiger partial charge in [0.05, 0.1) is 16.9 Å². The predicted molar refractivity (Wildman–Crippen MR) is 87.6 cm³/mol. The molecule has 2 heterocycles. The molecule has 1 aliphatic heterocycles. The fourth-order valence-electron chi connectivity index (χ4n) is 3.80. The van der Waals surface area contributed by atoms with Crippen molar-refractivity contribution in [3.63, 3.8) is 0 Å². The molecule has 0 unspecified atom stereocenters. The summed E-state index contributed by atoms with van der Waals surface area (Å²) in [5.74, 6) is -0.962. The third-order valence-corrected chi connectivity index (χ3v) is 5.27. The molecule has 1 aliphatic carbocycles. The maximum absolute atomic E-state index is 13.9. The van der Waals surface area contributed by atoms with Crippen LogP contribution in [0.25, 0.3) is 0 Å². The van der Waals surface area contributed by atoms with Crippen LogP contribution in [0.15, 0.2) is 24.4 Å². The summed E-state index contributed by atoms with van der Waals surface area (Å²) < 4.78 is 13.9. The molecule has 0 amide bonds. The van der Waals surface area contributed by atoms with Crippen molar-refractivity contribution in [3.8, 4) is 0 Å². The van der Waals surface area contributed by atoms with E-state index >= 15 is 0 Å². The van der Waals surface area contributed by atoms with E-state index in [0.717, 1.165) is 31.4 Å². The van der Waals surface area contributed by atoms with Crippen molar-refractivity contribution >= 4 is 29.1 Å². The molecule has 24 heavy (non-hydrogen) atoms. The molecule has 1 saturated carbocycles. The van der Waals surface area contributed by atoms with Gasteiger partial charge in [-0.3, -0.25) is 0 Å². The van der Waals surface area contributed by atoms with Gasteiger partial charge in [-0.1, -0.05) is 24.4 Å². The number of hydrogen-bond donors (Lipinski definition) is 1. The fraction of sp³-hybridized carbons (Fsp3) is 0.353. The summed E-state index contributed by atoms with van der Waals surface area (Å²) in [6, 6.07) is 4.65. The van der Waals surface area contributed by atoms with E-state index in [1.165, 1.54) is 18.3 Å². The highest BCUT2D eigenvalue weighted by atomic mass is 35.5. The number of carboxylic acid groups (broad SMARTS) is 1. The highest BCUT2D eigenvalue weighted by Crippen LogP contribution is 2.50. The van der Waals surface area contributed by atoms with Gasteiger partial charge >= 0.3 is 5.97 Å². The Hall–Kier alpha value is -2.21. The molecule has 0 radical (unpaired) electrons. The van der Waals surface area contributed by atoms with Gasteiger partial charge in [-0.25, -0.2) is 19.2 Å². The number of carbonyl (C=O) groups is 1. The van der Waals surface area contributed by atoms with E-state index in [9.17, 15) is 14.3 Å². The van der Waals surface area contributed by atoms with Gasteiger partial charge in [0.1, 0.15) is 5.82 Å². The SMILES string of the molecule is O=C(O)c1cnc2c(n1)C1(CCCC1)CN2c1ccc(Cl)c(F)c1. The van der Waals surface area contributed by atoms with Crippen LogP contribution in [-0.4, -0.2) is 27.6 Å². The predicted octanol–water partition coefficient (Wildman–Crippen LogP) is 3.93. The van der Waals surface area contributed by atoms with E-state index in [2.05, 4.69) is 9.97 Å². The van der Waals surface area contributed by atoms with E-state index in [4.69, 9.17) is 11.6 Å². The number of carboxylic acids is 1. The topological polar surface area (TPSA) is 66.3 Å². The van der Waals surface area contributed by atoms with Gasteiger partial charge in [-0.05, 0) is 31.0 Å². The van der Waals surface area contributed by atoms with Crippen molar-refractivity contribution in [2.75, 3.05) is 11.4 Å². The van der Waals surface area contributed by atoms with Crippen LogP contribution in [0.3, 0.4) is 0 Å². The quantitative estimate of drug-likeness (QED) is 0.891. The smallest absolute Gasteiger partial charge is 0.356 e. The fourth-order valence-corrected chi connectivity index (χ4v) is 3.92. The molecule has 4 rings (SSSR count). The van der Waals surface area contributed by atoms with E-state index in [1.807, 2.05) is 4.90 Å². The van der Waals surface area contributed by atoms with Crippen molar-refractivity contribution < 1.29 is 14.3 Å². The van der Waals surface area contributed by atoms with Gasteiger partial charge in [-0.15, -0.1) is 0 Å². The van der Waals surface area contributed by atoms with Crippen LogP contribution in [0.2, 0.25) is 5.02 Å². The first-order valence-electron chi connectivity index (χ1n) is 7.84. The zero-order valence-electron chi connectivity index (χ0n) is 12.8. The molecule has 0 bridgehead atoms. The number of fused-ring (bicyclic) bond motifs is 2. The van der Waals surface area contributed by atoms with Gasteiger partial charge in [0.15, 0.2) is 11.5 Å². The highest BCUT2D eigenvalue weighted by Gasteiger charge is 2.47. The molecule has 5 nitrogen and oxygen atoms in total. The van der Waals surface area contributed by atoms with Crippen molar-refractivity contribution in [2.45, 2.75) is 31.1 Å². The standard InChI is InChI=1S/C17H15ClFN3O2/c18-11-4-3-10(7-12(11)19)22-9-17(5-1-2-6-17)14-15(22)20-8-13(21-14)16(23)24/h3-4,7-8H,1-2,5-6,9H2,(H,23,24). The Kier molecular flexibility index (Phi) is 3.46. The Morgan fingerprint density at radius 3 is 2.75 bits per heavy atom. The summed E-state index contributed by atoms with van der Waals surface area (Å²) in [5.41, 5.74) is 1.11. The van der Waals surface area contributed by atoms with Crippen LogP contribution in [0.1, 0.15) is 41.9 Å². The zero-order valence-corrected chi connectivity index (χ0v) is 13.6. The molecule has 0 atom stereocenters. The van der Waals surface area contributed by atoms with Crippen molar-refractivity contribution in [3.05, 3.63) is 46.6 Å². The number of aromatic nitrogens is 2. The Morgan fingerprint density at radius 1 is 1.33 bits per heavy atom. The van der Waals surface area contributed by atoms with Crippen LogP contribution in [0, 0.1) is 5.82 Å². The molecule has 1 aromatic heterocycles. The second kappa shape index (κ2) is 5.41. The molecule has 7 heteroatoms. The average molecular weight is 348 g/mol. The van der Waals surface area contributed by atoms with E-state index in [1.54, 1.807) is 6.07 Å². The first-order valence-corrected chi connectivity index (χ1v) is 8.21. The molecule has 0 saturated heterocycles. The van der Waals surface area contributed by atoms with Gasteiger partial charge in [0, 0.05) is 17.6 Å². The minimum absolute atomic E-state index is 0.0517. The van der Waals surface area contributed by atoms with Crippen molar-refractivity contribution in [1.82, 2.24) is 9.97 Å². The first-order chi connectivity index (χ1) is 11.5. The Bertz CT molecular complexity index is 837. The lowest BCUT2D eigenvalue weighted by Crippen LogP contribution is -2.29. The lowest BCUT2D eigenvalue weighted by atomic mass is 9.84. The third-order valence-electron chi connectivity index (χ3n) is 4.97. The summed E-state index contributed by atoms with van der Waals surface area (Å²) in [5, 5.41) is 9.29. The third kappa shape index (κ3) is 2.24. The van der Waals surface area contributed by atoms with Gasteiger partial charge in [0.2, 0.25) is 0 Å². The summed E-state index contributed by atoms with van der Waals surface area (Å²) in [6.45, 7) is 0.631. The molecular weight excluding hydrogens is 333 g/mol. The number of hydrogen-bond acceptors (Lipinski definition) is 4. The number of rotatable bonds is 2. The van der Waals surface area contributed by atoms with Gasteiger partial charge in [-0.2, -0.15) is 0 Å². The minimum Gasteiger partial charge on any atom is -0.476 e. The maximum atomic E-state index is 13.9. The monoisotopic (exact) mass is 347 g/mol. The second-order valence-electron chi connectivity index (χ2n) is 6.40. The first kappa shape index (κ1) is 15.3. The van der Waals surface area contributed by atoms with E-state index < -0.39 is 11.8 Å². The number of aromatic carboxylic acids is 1. The Labute approximate surface area is 143 Å².